The molecule has 28 heavy (non-hydrogen) atoms. The van der Waals surface area contributed by atoms with E-state index in [4.69, 9.17) is 20.9 Å². The fraction of sp³-hybridized carbons (Fsp3) is 0.250. The lowest BCUT2D eigenvalue weighted by Gasteiger charge is -2.15. The minimum Gasteiger partial charge on any atom is -0.455 e. The van der Waals surface area contributed by atoms with Crippen LogP contribution in [-0.4, -0.2) is 18.7 Å². The molecule has 0 aliphatic carbocycles. The molecule has 0 radical (unpaired) electrons. The number of ether oxygens (including phenoxy) is 1. The highest BCUT2D eigenvalue weighted by Crippen LogP contribution is 2.61. The van der Waals surface area contributed by atoms with Crippen LogP contribution in [0.2, 0.25) is 5.02 Å². The summed E-state index contributed by atoms with van der Waals surface area (Å²) < 4.78 is 60.9. The maximum absolute atomic E-state index is 12.8. The lowest BCUT2D eigenvalue weighted by atomic mass is 10.2. The number of rotatable bonds is 6. The van der Waals surface area contributed by atoms with Gasteiger partial charge in [0.2, 0.25) is 0 Å². The van der Waals surface area contributed by atoms with Crippen molar-refractivity contribution < 1.29 is 31.9 Å². The normalized spacial score (nSPS) is 13.8. The summed E-state index contributed by atoms with van der Waals surface area (Å²) in [6, 6.07) is 5.08. The molecule has 2 aromatic carbocycles. The van der Waals surface area contributed by atoms with Gasteiger partial charge in [-0.15, -0.1) is 0 Å². The molecule has 0 saturated heterocycles. The topological polar surface area (TPSA) is 78.7 Å². The van der Waals surface area contributed by atoms with Crippen LogP contribution in [0.5, 0.6) is 11.5 Å². The molecule has 0 saturated carbocycles. The van der Waals surface area contributed by atoms with Gasteiger partial charge in [0.15, 0.2) is 0 Å². The molecular formula is C16H14ClF3NO5PS. The molecule has 0 spiro atoms. The van der Waals surface area contributed by atoms with Gasteiger partial charge in [-0.05, 0) is 42.1 Å². The predicted molar refractivity (Wildman–Crippen MR) is 101 cm³/mol. The number of hydrogen-bond acceptors (Lipinski definition) is 6. The Morgan fingerprint density at radius 1 is 1.21 bits per heavy atom. The molecule has 0 aliphatic heterocycles. The van der Waals surface area contributed by atoms with E-state index in [1.54, 1.807) is 0 Å². The van der Waals surface area contributed by atoms with Crippen molar-refractivity contribution in [2.24, 2.45) is 0 Å². The van der Waals surface area contributed by atoms with Crippen LogP contribution in [0.1, 0.15) is 11.1 Å². The summed E-state index contributed by atoms with van der Waals surface area (Å²) in [6.07, 6.45) is -4.56. The number of aryl methyl sites for hydroxylation is 1. The second-order valence-corrected chi connectivity index (χ2v) is 11.1. The van der Waals surface area contributed by atoms with E-state index in [-0.39, 0.29) is 27.1 Å². The van der Waals surface area contributed by atoms with Crippen molar-refractivity contribution in [1.29, 1.82) is 0 Å². The Labute approximate surface area is 167 Å². The molecule has 0 bridgehead atoms. The zero-order valence-corrected chi connectivity index (χ0v) is 17.2. The molecule has 2 aromatic rings. The summed E-state index contributed by atoms with van der Waals surface area (Å²) in [7, 11) is 1.22. The molecule has 0 aliphatic rings. The summed E-state index contributed by atoms with van der Waals surface area (Å²) in [5, 5.41) is 11.0. The van der Waals surface area contributed by atoms with Crippen LogP contribution < -0.4 is 4.74 Å². The molecule has 152 valence electrons. The van der Waals surface area contributed by atoms with Gasteiger partial charge in [-0.3, -0.25) is 14.7 Å². The van der Waals surface area contributed by atoms with E-state index in [0.717, 1.165) is 18.2 Å². The highest BCUT2D eigenvalue weighted by Gasteiger charge is 2.31. The van der Waals surface area contributed by atoms with Crippen LogP contribution >= 0.6 is 29.6 Å². The summed E-state index contributed by atoms with van der Waals surface area (Å²) in [5.74, 6) is 0.0554. The Morgan fingerprint density at radius 2 is 1.86 bits per heavy atom. The Hall–Kier alpha value is -1.74. The van der Waals surface area contributed by atoms with E-state index < -0.39 is 23.2 Å². The third-order valence-corrected chi connectivity index (χ3v) is 7.37. The molecule has 0 aromatic heterocycles. The molecule has 6 nitrogen and oxygen atoms in total. The van der Waals surface area contributed by atoms with Gasteiger partial charge in [0.1, 0.15) is 11.5 Å². The zero-order valence-electron chi connectivity index (χ0n) is 14.7. The number of nitrogens with zero attached hydrogens (tertiary/aromatic N) is 1. The Kier molecular flexibility index (Phi) is 6.70. The van der Waals surface area contributed by atoms with Gasteiger partial charge in [0.25, 0.3) is 12.3 Å². The van der Waals surface area contributed by atoms with Crippen LogP contribution in [0, 0.1) is 17.0 Å². The number of nitro benzene ring substituents is 1. The van der Waals surface area contributed by atoms with Gasteiger partial charge >= 0.3 is 6.18 Å². The SMILES string of the molecule is COP(C)(=O)Sc1cc(Oc2ccc(C(F)(F)F)cc2Cl)c(C)cc1[N+](=O)[O-]. The van der Waals surface area contributed by atoms with Gasteiger partial charge in [0.05, 0.1) is 20.4 Å². The minimum atomic E-state index is -4.56. The Morgan fingerprint density at radius 3 is 2.36 bits per heavy atom. The first kappa shape index (κ1) is 22.5. The number of hydrogen-bond donors (Lipinski definition) is 0. The van der Waals surface area contributed by atoms with E-state index in [1.165, 1.54) is 32.8 Å². The fourth-order valence-corrected chi connectivity index (χ4v) is 4.85. The second-order valence-electron chi connectivity index (χ2n) is 5.63. The first-order valence-electron chi connectivity index (χ1n) is 7.50. The van der Waals surface area contributed by atoms with Gasteiger partial charge < -0.3 is 9.26 Å². The molecule has 12 heteroatoms. The maximum Gasteiger partial charge on any atom is 0.416 e. The number of halogens is 4. The predicted octanol–water partition coefficient (Wildman–Crippen LogP) is 6.93. The standard InChI is InChI=1S/C16H14ClF3NO5PS/c1-9-6-12(21(22)23)15(28-27(3,24)25-2)8-14(9)26-13-5-4-10(7-11(13)17)16(18,19)20/h4-8H,1-3H3. The van der Waals surface area contributed by atoms with Gasteiger partial charge in [-0.2, -0.15) is 13.2 Å². The molecule has 0 N–H and O–H groups in total. The van der Waals surface area contributed by atoms with Crippen LogP contribution in [0.3, 0.4) is 0 Å². The zero-order chi connectivity index (χ0) is 21.3. The van der Waals surface area contributed by atoms with E-state index >= 15 is 0 Å². The van der Waals surface area contributed by atoms with E-state index in [0.29, 0.717) is 16.9 Å². The highest BCUT2D eigenvalue weighted by atomic mass is 35.5. The maximum atomic E-state index is 12.8. The summed E-state index contributed by atoms with van der Waals surface area (Å²) in [4.78, 5) is 10.7. The second kappa shape index (κ2) is 8.32. The lowest BCUT2D eigenvalue weighted by Crippen LogP contribution is -2.04. The molecule has 2 rings (SSSR count). The summed E-state index contributed by atoms with van der Waals surface area (Å²) >= 11 is 6.56. The summed E-state index contributed by atoms with van der Waals surface area (Å²) in [6.45, 7) is -0.384. The number of benzene rings is 2. The first-order chi connectivity index (χ1) is 12.8. The Balaban J connectivity index is 2.46. The van der Waals surface area contributed by atoms with E-state index in [1.807, 2.05) is 0 Å². The van der Waals surface area contributed by atoms with Crippen molar-refractivity contribution in [3.8, 4) is 11.5 Å². The van der Waals surface area contributed by atoms with Gasteiger partial charge in [-0.25, -0.2) is 0 Å². The molecule has 1 atom stereocenters. The monoisotopic (exact) mass is 455 g/mol. The lowest BCUT2D eigenvalue weighted by molar-refractivity contribution is -0.387. The minimum absolute atomic E-state index is 0.0290. The molecule has 0 heterocycles. The van der Waals surface area contributed by atoms with Crippen molar-refractivity contribution in [1.82, 2.24) is 0 Å². The molecule has 0 fully saturated rings. The van der Waals surface area contributed by atoms with Crippen molar-refractivity contribution in [2.75, 3.05) is 13.8 Å². The number of alkyl halides is 3. The average Bonchev–Trinajstić information content (AvgIpc) is 2.57. The van der Waals surface area contributed by atoms with Crippen molar-refractivity contribution in [3.63, 3.8) is 0 Å². The molecule has 0 amide bonds. The summed E-state index contributed by atoms with van der Waals surface area (Å²) in [5.41, 5.74) is -0.892. The first-order valence-corrected chi connectivity index (χ1v) is 11.4. The smallest absolute Gasteiger partial charge is 0.416 e. The van der Waals surface area contributed by atoms with Crippen molar-refractivity contribution in [3.05, 3.63) is 56.6 Å². The molecule has 1 unspecified atom stereocenters. The number of nitro groups is 1. The fourth-order valence-electron chi connectivity index (χ4n) is 2.07. The van der Waals surface area contributed by atoms with E-state index in [9.17, 15) is 27.9 Å². The van der Waals surface area contributed by atoms with Crippen molar-refractivity contribution >= 4 is 35.2 Å². The van der Waals surface area contributed by atoms with Crippen LogP contribution in [-0.2, 0) is 15.3 Å². The van der Waals surface area contributed by atoms with Crippen LogP contribution in [0.15, 0.2) is 35.2 Å². The van der Waals surface area contributed by atoms with Crippen molar-refractivity contribution in [2.45, 2.75) is 18.0 Å². The third-order valence-electron chi connectivity index (χ3n) is 3.53. The third kappa shape index (κ3) is 5.41. The van der Waals surface area contributed by atoms with E-state index in [2.05, 4.69) is 0 Å². The van der Waals surface area contributed by atoms with Crippen LogP contribution in [0.4, 0.5) is 18.9 Å². The average molecular weight is 456 g/mol. The van der Waals surface area contributed by atoms with Gasteiger partial charge in [0, 0.05) is 25.9 Å². The largest absolute Gasteiger partial charge is 0.455 e. The van der Waals surface area contributed by atoms with Gasteiger partial charge in [-0.1, -0.05) is 11.6 Å². The quantitative estimate of drug-likeness (QED) is 0.267. The highest BCUT2D eigenvalue weighted by molar-refractivity contribution is 8.56. The Bertz CT molecular complexity index is 970. The van der Waals surface area contributed by atoms with Crippen LogP contribution in [0.25, 0.3) is 0 Å². The molecular weight excluding hydrogens is 442 g/mol.